The minimum atomic E-state index is 0.246. The van der Waals surface area contributed by atoms with Gasteiger partial charge in [-0.3, -0.25) is 14.6 Å². The van der Waals surface area contributed by atoms with Crippen LogP contribution in [-0.2, 0) is 19.6 Å². The van der Waals surface area contributed by atoms with E-state index in [2.05, 4.69) is 37.5 Å². The fraction of sp³-hybridized carbons (Fsp3) is 0.583. The highest BCUT2D eigenvalue weighted by Crippen LogP contribution is 2.36. The molecular formula is C24H32N4O2. The van der Waals surface area contributed by atoms with Gasteiger partial charge >= 0.3 is 0 Å². The first-order valence-electron chi connectivity index (χ1n) is 11.4. The van der Waals surface area contributed by atoms with E-state index in [-0.39, 0.29) is 5.56 Å². The van der Waals surface area contributed by atoms with Crippen molar-refractivity contribution in [3.8, 4) is 5.88 Å². The monoisotopic (exact) mass is 408 g/mol. The number of hydrogen-bond acceptors (Lipinski definition) is 5. The molecule has 2 atom stereocenters. The fourth-order valence-electron chi connectivity index (χ4n) is 5.67. The van der Waals surface area contributed by atoms with E-state index < -0.39 is 0 Å². The summed E-state index contributed by atoms with van der Waals surface area (Å²) in [4.78, 5) is 22.6. The van der Waals surface area contributed by atoms with Gasteiger partial charge in [0.05, 0.1) is 7.11 Å². The highest BCUT2D eigenvalue weighted by molar-refractivity contribution is 5.26. The summed E-state index contributed by atoms with van der Waals surface area (Å²) in [7, 11) is 1.68. The summed E-state index contributed by atoms with van der Waals surface area (Å²) < 4.78 is 7.54. The highest BCUT2D eigenvalue weighted by Gasteiger charge is 2.35. The molecule has 0 N–H and O–H groups in total. The van der Waals surface area contributed by atoms with Gasteiger partial charge in [-0.25, -0.2) is 4.98 Å². The van der Waals surface area contributed by atoms with Crippen LogP contribution < -0.4 is 10.3 Å². The van der Waals surface area contributed by atoms with E-state index in [1.165, 1.54) is 31.4 Å². The SMILES string of the molecule is COc1ncccc1CN1C[C@@H]2C[C@H](C1)c1ccc(CN3CCCCC3)c(=O)n1C2. The van der Waals surface area contributed by atoms with Crippen LogP contribution in [0, 0.1) is 5.92 Å². The van der Waals surface area contributed by atoms with Crippen molar-refractivity contribution in [1.82, 2.24) is 19.4 Å². The molecule has 3 aliphatic heterocycles. The van der Waals surface area contributed by atoms with Gasteiger partial charge in [0.25, 0.3) is 5.56 Å². The molecule has 0 radical (unpaired) electrons. The van der Waals surface area contributed by atoms with Gasteiger partial charge in [0.1, 0.15) is 0 Å². The van der Waals surface area contributed by atoms with Gasteiger partial charge in [0.15, 0.2) is 0 Å². The third-order valence-electron chi connectivity index (χ3n) is 7.04. The van der Waals surface area contributed by atoms with E-state index in [0.717, 1.165) is 56.9 Å². The maximum absolute atomic E-state index is 13.3. The van der Waals surface area contributed by atoms with E-state index >= 15 is 0 Å². The standard InChI is InChI=1S/C24H32N4O2/c1-30-23-19(6-5-9-25-23)15-27-13-18-12-21(17-27)22-8-7-20(24(29)28(22)14-18)16-26-10-3-2-4-11-26/h5-9,18,21H,2-4,10-17H2,1H3/t18-,21+/m0/s1. The van der Waals surface area contributed by atoms with Crippen LogP contribution in [0.5, 0.6) is 5.88 Å². The van der Waals surface area contributed by atoms with Crippen LogP contribution in [0.3, 0.4) is 0 Å². The van der Waals surface area contributed by atoms with Crippen LogP contribution >= 0.6 is 0 Å². The predicted molar refractivity (Wildman–Crippen MR) is 117 cm³/mol. The number of likely N-dealkylation sites (tertiary alicyclic amines) is 2. The average molecular weight is 409 g/mol. The first kappa shape index (κ1) is 19.8. The molecule has 3 aliphatic rings. The number of rotatable bonds is 5. The van der Waals surface area contributed by atoms with E-state index in [1.807, 2.05) is 6.07 Å². The first-order valence-corrected chi connectivity index (χ1v) is 11.4. The Morgan fingerprint density at radius 2 is 1.83 bits per heavy atom. The fourth-order valence-corrected chi connectivity index (χ4v) is 5.67. The van der Waals surface area contributed by atoms with Gasteiger partial charge in [-0.2, -0.15) is 0 Å². The average Bonchev–Trinajstić information content (AvgIpc) is 2.77. The van der Waals surface area contributed by atoms with E-state index in [0.29, 0.717) is 17.7 Å². The van der Waals surface area contributed by atoms with Gasteiger partial charge in [-0.05, 0) is 50.4 Å². The van der Waals surface area contributed by atoms with Crippen LogP contribution in [0.1, 0.15) is 48.4 Å². The van der Waals surface area contributed by atoms with Crippen LogP contribution in [-0.4, -0.2) is 52.6 Å². The Hall–Kier alpha value is -2.18. The number of pyridine rings is 2. The lowest BCUT2D eigenvalue weighted by Crippen LogP contribution is -2.47. The highest BCUT2D eigenvalue weighted by atomic mass is 16.5. The van der Waals surface area contributed by atoms with Crippen LogP contribution in [0.25, 0.3) is 0 Å². The van der Waals surface area contributed by atoms with Crippen molar-refractivity contribution in [1.29, 1.82) is 0 Å². The summed E-state index contributed by atoms with van der Waals surface area (Å²) in [5.74, 6) is 1.67. The molecule has 0 saturated carbocycles. The summed E-state index contributed by atoms with van der Waals surface area (Å²) in [6.45, 7) is 6.76. The molecule has 5 rings (SSSR count). The summed E-state index contributed by atoms with van der Waals surface area (Å²) >= 11 is 0. The van der Waals surface area contributed by atoms with Gasteiger partial charge in [0.2, 0.25) is 5.88 Å². The lowest BCUT2D eigenvalue weighted by atomic mass is 9.83. The van der Waals surface area contributed by atoms with E-state index in [4.69, 9.17) is 4.74 Å². The quantitative estimate of drug-likeness (QED) is 0.762. The molecule has 6 nitrogen and oxygen atoms in total. The van der Waals surface area contributed by atoms with Gasteiger partial charge < -0.3 is 9.30 Å². The predicted octanol–water partition coefficient (Wildman–Crippen LogP) is 2.86. The molecule has 2 bridgehead atoms. The second kappa shape index (κ2) is 8.52. The molecule has 0 aromatic carbocycles. The minimum Gasteiger partial charge on any atom is -0.481 e. The topological polar surface area (TPSA) is 50.6 Å². The first-order chi connectivity index (χ1) is 14.7. The van der Waals surface area contributed by atoms with Gasteiger partial charge in [-0.1, -0.05) is 18.6 Å². The number of aromatic nitrogens is 2. The summed E-state index contributed by atoms with van der Waals surface area (Å²) in [5, 5.41) is 0. The lowest BCUT2D eigenvalue weighted by Gasteiger charge is -2.43. The van der Waals surface area contributed by atoms with Crippen molar-refractivity contribution in [3.05, 3.63) is 57.6 Å². The zero-order valence-corrected chi connectivity index (χ0v) is 17.9. The Morgan fingerprint density at radius 1 is 1.00 bits per heavy atom. The van der Waals surface area contributed by atoms with Crippen molar-refractivity contribution >= 4 is 0 Å². The number of ether oxygens (including phenoxy) is 1. The van der Waals surface area contributed by atoms with Gasteiger partial charge in [-0.15, -0.1) is 0 Å². The number of fused-ring (bicyclic) bond motifs is 4. The zero-order valence-electron chi connectivity index (χ0n) is 17.9. The molecule has 160 valence electrons. The molecule has 0 unspecified atom stereocenters. The molecule has 2 saturated heterocycles. The Kier molecular flexibility index (Phi) is 5.61. The normalized spacial score (nSPS) is 24.4. The zero-order chi connectivity index (χ0) is 20.5. The second-order valence-corrected chi connectivity index (χ2v) is 9.20. The molecule has 0 aliphatic carbocycles. The van der Waals surface area contributed by atoms with Gasteiger partial charge in [0, 0.05) is 61.7 Å². The number of hydrogen-bond donors (Lipinski definition) is 0. The summed E-state index contributed by atoms with van der Waals surface area (Å²) in [5.41, 5.74) is 3.57. The van der Waals surface area contributed by atoms with Crippen molar-refractivity contribution in [3.63, 3.8) is 0 Å². The van der Waals surface area contributed by atoms with Crippen molar-refractivity contribution in [2.75, 3.05) is 33.3 Å². The Bertz CT molecular complexity index is 950. The summed E-state index contributed by atoms with van der Waals surface area (Å²) in [6.07, 6.45) is 6.80. The van der Waals surface area contributed by atoms with Crippen LogP contribution in [0.15, 0.2) is 35.3 Å². The van der Waals surface area contributed by atoms with Crippen molar-refractivity contribution in [2.45, 2.75) is 51.2 Å². The van der Waals surface area contributed by atoms with Crippen molar-refractivity contribution < 1.29 is 4.74 Å². The maximum Gasteiger partial charge on any atom is 0.255 e. The molecule has 2 aromatic heterocycles. The molecule has 5 heterocycles. The molecule has 0 amide bonds. The van der Waals surface area contributed by atoms with Crippen LogP contribution in [0.2, 0.25) is 0 Å². The number of nitrogens with zero attached hydrogens (tertiary/aromatic N) is 4. The van der Waals surface area contributed by atoms with Crippen LogP contribution in [0.4, 0.5) is 0 Å². The molecule has 6 heteroatoms. The lowest BCUT2D eigenvalue weighted by molar-refractivity contribution is 0.113. The Balaban J connectivity index is 1.34. The minimum absolute atomic E-state index is 0.246. The molecule has 0 spiro atoms. The number of methoxy groups -OCH3 is 1. The molecular weight excluding hydrogens is 376 g/mol. The van der Waals surface area contributed by atoms with Crippen molar-refractivity contribution in [2.24, 2.45) is 5.92 Å². The molecule has 30 heavy (non-hydrogen) atoms. The largest absolute Gasteiger partial charge is 0.481 e. The number of piperidine rings is 2. The third kappa shape index (κ3) is 3.91. The summed E-state index contributed by atoms with van der Waals surface area (Å²) in [6, 6.07) is 8.41. The third-order valence-corrected chi connectivity index (χ3v) is 7.04. The Morgan fingerprint density at radius 3 is 2.67 bits per heavy atom. The molecule has 2 fully saturated rings. The molecule has 2 aromatic rings. The Labute approximate surface area is 178 Å². The van der Waals surface area contributed by atoms with E-state index in [9.17, 15) is 4.79 Å². The maximum atomic E-state index is 13.3. The van der Waals surface area contributed by atoms with E-state index in [1.54, 1.807) is 13.3 Å². The smallest absolute Gasteiger partial charge is 0.255 e. The second-order valence-electron chi connectivity index (χ2n) is 9.20.